The van der Waals surface area contributed by atoms with Crippen LogP contribution in [0.2, 0.25) is 0 Å². The molecule has 1 aromatic carbocycles. The average molecular weight is 273 g/mol. The van der Waals surface area contributed by atoms with Gasteiger partial charge in [0.2, 0.25) is 0 Å². The van der Waals surface area contributed by atoms with Crippen LogP contribution in [0.3, 0.4) is 0 Å². The molecule has 0 aliphatic carbocycles. The quantitative estimate of drug-likeness (QED) is 0.746. The van der Waals surface area contributed by atoms with Crippen molar-refractivity contribution < 1.29 is 22.0 Å². The van der Waals surface area contributed by atoms with Gasteiger partial charge in [-0.25, -0.2) is 0 Å². The lowest BCUT2D eigenvalue weighted by atomic mass is 10.00. The van der Waals surface area contributed by atoms with E-state index in [-0.39, 0.29) is 5.56 Å². The molecule has 19 heavy (non-hydrogen) atoms. The van der Waals surface area contributed by atoms with Gasteiger partial charge in [0.25, 0.3) is 5.92 Å². The first-order valence-corrected chi connectivity index (χ1v) is 5.28. The van der Waals surface area contributed by atoms with E-state index in [1.54, 1.807) is 0 Å². The summed E-state index contributed by atoms with van der Waals surface area (Å²) in [5.74, 6) is -3.35. The predicted molar refractivity (Wildman–Crippen MR) is 58.7 cm³/mol. The van der Waals surface area contributed by atoms with E-state index in [4.69, 9.17) is 0 Å². The molecule has 2 aromatic rings. The molecule has 0 fully saturated rings. The standard InChI is InChI=1S/C13H8F5N/c14-12(15,10-5-7-19-8-6-10)9-1-3-11(4-2-9)13(16,17)18/h1-8H. The van der Waals surface area contributed by atoms with Crippen molar-refractivity contribution in [1.82, 2.24) is 4.98 Å². The summed E-state index contributed by atoms with van der Waals surface area (Å²) in [7, 11) is 0. The Morgan fingerprint density at radius 2 is 1.05 bits per heavy atom. The van der Waals surface area contributed by atoms with Gasteiger partial charge in [-0.15, -0.1) is 0 Å². The Morgan fingerprint density at radius 3 is 1.53 bits per heavy atom. The fourth-order valence-electron chi connectivity index (χ4n) is 1.60. The van der Waals surface area contributed by atoms with Crippen LogP contribution >= 0.6 is 0 Å². The number of rotatable bonds is 2. The van der Waals surface area contributed by atoms with E-state index in [0.29, 0.717) is 12.1 Å². The molecule has 6 heteroatoms. The number of alkyl halides is 5. The third-order valence-electron chi connectivity index (χ3n) is 2.62. The van der Waals surface area contributed by atoms with Gasteiger partial charge in [0.1, 0.15) is 0 Å². The zero-order chi connectivity index (χ0) is 14.1. The Balaban J connectivity index is 2.37. The molecule has 1 heterocycles. The third kappa shape index (κ3) is 2.72. The van der Waals surface area contributed by atoms with E-state index in [1.165, 1.54) is 12.4 Å². The van der Waals surface area contributed by atoms with Crippen molar-refractivity contribution >= 4 is 0 Å². The Morgan fingerprint density at radius 1 is 0.632 bits per heavy atom. The molecule has 0 radical (unpaired) electrons. The van der Waals surface area contributed by atoms with Crippen molar-refractivity contribution in [2.24, 2.45) is 0 Å². The van der Waals surface area contributed by atoms with Gasteiger partial charge in [-0.05, 0) is 24.3 Å². The molecular weight excluding hydrogens is 265 g/mol. The lowest BCUT2D eigenvalue weighted by molar-refractivity contribution is -0.137. The van der Waals surface area contributed by atoms with E-state index in [1.807, 2.05) is 0 Å². The summed E-state index contributed by atoms with van der Waals surface area (Å²) in [4.78, 5) is 3.62. The lowest BCUT2D eigenvalue weighted by Gasteiger charge is -2.17. The molecule has 0 aliphatic rings. The number of halogens is 5. The number of hydrogen-bond donors (Lipinski definition) is 0. The van der Waals surface area contributed by atoms with Crippen LogP contribution in [-0.2, 0) is 12.1 Å². The fourth-order valence-corrected chi connectivity index (χ4v) is 1.60. The highest BCUT2D eigenvalue weighted by atomic mass is 19.4. The number of benzene rings is 1. The summed E-state index contributed by atoms with van der Waals surface area (Å²) in [6, 6.07) is 5.09. The molecule has 0 atom stereocenters. The lowest BCUT2D eigenvalue weighted by Crippen LogP contribution is -2.15. The van der Waals surface area contributed by atoms with Crippen molar-refractivity contribution in [1.29, 1.82) is 0 Å². The first kappa shape index (κ1) is 13.5. The van der Waals surface area contributed by atoms with E-state index in [0.717, 1.165) is 24.3 Å². The second kappa shape index (κ2) is 4.60. The zero-order valence-electron chi connectivity index (χ0n) is 9.46. The summed E-state index contributed by atoms with van der Waals surface area (Å²) in [6.45, 7) is 0. The molecule has 0 saturated heterocycles. The van der Waals surface area contributed by atoms with Gasteiger partial charge in [0.05, 0.1) is 5.56 Å². The minimum atomic E-state index is -4.54. The van der Waals surface area contributed by atoms with E-state index >= 15 is 0 Å². The Labute approximate surface area is 105 Å². The number of pyridine rings is 1. The van der Waals surface area contributed by atoms with E-state index in [2.05, 4.69) is 4.98 Å². The van der Waals surface area contributed by atoms with Crippen LogP contribution in [0.4, 0.5) is 22.0 Å². The van der Waals surface area contributed by atoms with E-state index in [9.17, 15) is 22.0 Å². The molecule has 0 N–H and O–H groups in total. The number of aromatic nitrogens is 1. The first-order chi connectivity index (χ1) is 8.82. The summed E-state index contributed by atoms with van der Waals surface area (Å²) in [6.07, 6.45) is -2.13. The largest absolute Gasteiger partial charge is 0.416 e. The SMILES string of the molecule is FC(F)(F)c1ccc(C(F)(F)c2ccncc2)cc1. The van der Waals surface area contributed by atoms with Crippen LogP contribution in [-0.4, -0.2) is 4.98 Å². The summed E-state index contributed by atoms with van der Waals surface area (Å²) in [5, 5.41) is 0. The van der Waals surface area contributed by atoms with Crippen LogP contribution in [0, 0.1) is 0 Å². The van der Waals surface area contributed by atoms with Crippen molar-refractivity contribution in [2.45, 2.75) is 12.1 Å². The van der Waals surface area contributed by atoms with Gasteiger partial charge in [-0.1, -0.05) is 12.1 Å². The second-order valence-corrected chi connectivity index (χ2v) is 3.89. The highest BCUT2D eigenvalue weighted by Gasteiger charge is 2.35. The molecular formula is C13H8F5N. The highest BCUT2D eigenvalue weighted by Crippen LogP contribution is 2.37. The van der Waals surface area contributed by atoms with Crippen molar-refractivity contribution in [3.8, 4) is 0 Å². The maximum atomic E-state index is 14.0. The van der Waals surface area contributed by atoms with Crippen LogP contribution in [0.5, 0.6) is 0 Å². The van der Waals surface area contributed by atoms with Gasteiger partial charge >= 0.3 is 6.18 Å². The van der Waals surface area contributed by atoms with Gasteiger partial charge < -0.3 is 0 Å². The fraction of sp³-hybridized carbons (Fsp3) is 0.154. The van der Waals surface area contributed by atoms with E-state index < -0.39 is 23.2 Å². The molecule has 0 aliphatic heterocycles. The monoisotopic (exact) mass is 273 g/mol. The van der Waals surface area contributed by atoms with Crippen molar-refractivity contribution in [2.75, 3.05) is 0 Å². The average Bonchev–Trinajstić information content (AvgIpc) is 2.39. The molecule has 0 spiro atoms. The number of nitrogens with zero attached hydrogens (tertiary/aromatic N) is 1. The molecule has 2 rings (SSSR count). The Hall–Kier alpha value is -1.98. The van der Waals surface area contributed by atoms with Gasteiger partial charge in [0, 0.05) is 23.5 Å². The van der Waals surface area contributed by atoms with Gasteiger partial charge in [0.15, 0.2) is 0 Å². The Kier molecular flexibility index (Phi) is 3.26. The smallest absolute Gasteiger partial charge is 0.265 e. The van der Waals surface area contributed by atoms with Crippen LogP contribution in [0.1, 0.15) is 16.7 Å². The van der Waals surface area contributed by atoms with Gasteiger partial charge in [-0.2, -0.15) is 22.0 Å². The molecule has 0 amide bonds. The minimum Gasteiger partial charge on any atom is -0.265 e. The van der Waals surface area contributed by atoms with Gasteiger partial charge in [-0.3, -0.25) is 4.98 Å². The zero-order valence-corrected chi connectivity index (χ0v) is 9.46. The van der Waals surface area contributed by atoms with Crippen LogP contribution in [0.25, 0.3) is 0 Å². The summed E-state index contributed by atoms with van der Waals surface area (Å²) in [5.41, 5.74) is -1.77. The molecule has 0 saturated carbocycles. The van der Waals surface area contributed by atoms with Crippen LogP contribution < -0.4 is 0 Å². The summed E-state index contributed by atoms with van der Waals surface area (Å²) >= 11 is 0. The Bertz CT molecular complexity index is 545. The summed E-state index contributed by atoms with van der Waals surface area (Å²) < 4.78 is 65.0. The maximum Gasteiger partial charge on any atom is 0.416 e. The predicted octanol–water partition coefficient (Wildman–Crippen LogP) is 4.24. The third-order valence-corrected chi connectivity index (χ3v) is 2.62. The minimum absolute atomic E-state index is 0.317. The topological polar surface area (TPSA) is 12.9 Å². The highest BCUT2D eigenvalue weighted by molar-refractivity contribution is 5.34. The van der Waals surface area contributed by atoms with Crippen molar-refractivity contribution in [3.05, 3.63) is 65.5 Å². The van der Waals surface area contributed by atoms with Crippen LogP contribution in [0.15, 0.2) is 48.8 Å². The molecule has 0 bridgehead atoms. The normalized spacial score (nSPS) is 12.5. The maximum absolute atomic E-state index is 14.0. The molecule has 1 nitrogen and oxygen atoms in total. The second-order valence-electron chi connectivity index (χ2n) is 3.89. The molecule has 0 unspecified atom stereocenters. The number of hydrogen-bond acceptors (Lipinski definition) is 1. The van der Waals surface area contributed by atoms with Crippen molar-refractivity contribution in [3.63, 3.8) is 0 Å². The molecule has 1 aromatic heterocycles. The first-order valence-electron chi connectivity index (χ1n) is 5.28. The molecule has 100 valence electrons.